The number of aromatic nitrogens is 2. The highest BCUT2D eigenvalue weighted by Gasteiger charge is 2.00. The maximum Gasteiger partial charge on any atom is 0.146 e. The summed E-state index contributed by atoms with van der Waals surface area (Å²) in [6, 6.07) is 0.360. The van der Waals surface area contributed by atoms with Crippen molar-refractivity contribution in [3.05, 3.63) is 23.5 Å². The second kappa shape index (κ2) is 4.74. The molecular weight excluding hydrogens is 176 g/mol. The summed E-state index contributed by atoms with van der Waals surface area (Å²) in [7, 11) is 0. The van der Waals surface area contributed by atoms with E-state index in [1.807, 2.05) is 23.9 Å². The molecule has 1 rings (SSSR count). The molecule has 0 aromatic carbocycles. The zero-order chi connectivity index (χ0) is 10.6. The van der Waals surface area contributed by atoms with Crippen LogP contribution in [0, 0.1) is 0 Å². The second-order valence-corrected chi connectivity index (χ2v) is 3.54. The zero-order valence-electron chi connectivity index (χ0n) is 8.90. The van der Waals surface area contributed by atoms with Crippen LogP contribution < -0.4 is 0 Å². The predicted molar refractivity (Wildman–Crippen MR) is 56.9 cm³/mol. The van der Waals surface area contributed by atoms with E-state index in [0.29, 0.717) is 6.04 Å². The van der Waals surface area contributed by atoms with Gasteiger partial charge in [-0.05, 0) is 31.9 Å². The van der Waals surface area contributed by atoms with Crippen LogP contribution in [0.5, 0.6) is 0 Å². The summed E-state index contributed by atoms with van der Waals surface area (Å²) in [4.78, 5) is 10.6. The quantitative estimate of drug-likeness (QED) is 0.542. The van der Waals surface area contributed by atoms with Gasteiger partial charge in [-0.1, -0.05) is 6.92 Å². The van der Waals surface area contributed by atoms with Gasteiger partial charge >= 0.3 is 0 Å². The highest BCUT2D eigenvalue weighted by Crippen LogP contribution is 2.10. The zero-order valence-corrected chi connectivity index (χ0v) is 8.90. The molecule has 0 aliphatic heterocycles. The van der Waals surface area contributed by atoms with Gasteiger partial charge in [0.2, 0.25) is 0 Å². The third-order valence-electron chi connectivity index (χ3n) is 2.06. The molecule has 0 aliphatic rings. The fraction of sp³-hybridized carbons (Fsp3) is 0.455. The van der Waals surface area contributed by atoms with Crippen LogP contribution in [0.15, 0.2) is 18.0 Å². The summed E-state index contributed by atoms with van der Waals surface area (Å²) >= 11 is 0. The van der Waals surface area contributed by atoms with Crippen molar-refractivity contribution in [3.8, 4) is 0 Å². The highest BCUT2D eigenvalue weighted by molar-refractivity contribution is 5.81. The first-order valence-electron chi connectivity index (χ1n) is 4.87. The fourth-order valence-corrected chi connectivity index (χ4v) is 1.14. The van der Waals surface area contributed by atoms with Gasteiger partial charge in [-0.15, -0.1) is 0 Å². The van der Waals surface area contributed by atoms with E-state index in [-0.39, 0.29) is 0 Å². The molecule has 0 saturated heterocycles. The van der Waals surface area contributed by atoms with Gasteiger partial charge in [0.25, 0.3) is 0 Å². The van der Waals surface area contributed by atoms with Crippen molar-refractivity contribution in [3.63, 3.8) is 0 Å². The molecule has 0 aliphatic carbocycles. The molecule has 0 N–H and O–H groups in total. The van der Waals surface area contributed by atoms with E-state index < -0.39 is 0 Å². The number of aldehydes is 1. The van der Waals surface area contributed by atoms with Crippen molar-refractivity contribution in [2.24, 2.45) is 0 Å². The largest absolute Gasteiger partial charge is 0.298 e. The van der Waals surface area contributed by atoms with Crippen molar-refractivity contribution in [2.45, 2.75) is 33.2 Å². The number of nitrogens with zero attached hydrogens (tertiary/aromatic N) is 2. The van der Waals surface area contributed by atoms with Gasteiger partial charge < -0.3 is 0 Å². The van der Waals surface area contributed by atoms with Crippen LogP contribution in [0.1, 0.15) is 38.8 Å². The van der Waals surface area contributed by atoms with E-state index in [0.717, 1.165) is 23.8 Å². The Morgan fingerprint density at radius 2 is 2.36 bits per heavy atom. The minimum Gasteiger partial charge on any atom is -0.298 e. The Morgan fingerprint density at radius 3 is 2.79 bits per heavy atom. The van der Waals surface area contributed by atoms with Crippen LogP contribution in [0.3, 0.4) is 0 Å². The minimum atomic E-state index is 0.360. The lowest BCUT2D eigenvalue weighted by molar-refractivity contribution is -0.104. The van der Waals surface area contributed by atoms with E-state index in [9.17, 15) is 4.79 Å². The van der Waals surface area contributed by atoms with Crippen LogP contribution in [0.2, 0.25) is 0 Å². The first kappa shape index (κ1) is 10.7. The van der Waals surface area contributed by atoms with Gasteiger partial charge in [0.1, 0.15) is 6.29 Å². The number of rotatable bonds is 4. The lowest BCUT2D eigenvalue weighted by Crippen LogP contribution is -1.99. The van der Waals surface area contributed by atoms with Crippen LogP contribution >= 0.6 is 0 Å². The molecule has 1 aromatic heterocycles. The van der Waals surface area contributed by atoms with Gasteiger partial charge in [0, 0.05) is 17.8 Å². The Hall–Kier alpha value is -1.38. The molecule has 1 aromatic rings. The third-order valence-corrected chi connectivity index (χ3v) is 2.06. The van der Waals surface area contributed by atoms with Gasteiger partial charge in [-0.2, -0.15) is 5.10 Å². The number of allylic oxidation sites excluding steroid dienone is 1. The Balaban J connectivity index is 2.86. The van der Waals surface area contributed by atoms with Crippen LogP contribution in [0.25, 0.3) is 6.08 Å². The summed E-state index contributed by atoms with van der Waals surface area (Å²) in [6.07, 6.45) is 7.25. The molecule has 0 atom stereocenters. The Kier molecular flexibility index (Phi) is 3.63. The molecule has 0 unspecified atom stereocenters. The molecule has 76 valence electrons. The molecule has 14 heavy (non-hydrogen) atoms. The van der Waals surface area contributed by atoms with Crippen molar-refractivity contribution >= 4 is 12.4 Å². The van der Waals surface area contributed by atoms with Crippen LogP contribution in [0.4, 0.5) is 0 Å². The standard InChI is InChI=1S/C11H16N2O/c1-4-10(8-14)5-11-6-12-13(7-11)9(2)3/h5-9H,4H2,1-3H3. The molecule has 3 heteroatoms. The Labute approximate surface area is 84.4 Å². The molecule has 1 heterocycles. The van der Waals surface area contributed by atoms with Crippen molar-refractivity contribution in [1.29, 1.82) is 0 Å². The second-order valence-electron chi connectivity index (χ2n) is 3.54. The molecule has 0 fully saturated rings. The summed E-state index contributed by atoms with van der Waals surface area (Å²) in [5.74, 6) is 0. The molecule has 0 amide bonds. The maximum absolute atomic E-state index is 10.6. The third kappa shape index (κ3) is 2.55. The average Bonchev–Trinajstić information content (AvgIpc) is 2.62. The van der Waals surface area contributed by atoms with Gasteiger partial charge in [0.15, 0.2) is 0 Å². The van der Waals surface area contributed by atoms with Crippen LogP contribution in [-0.2, 0) is 4.79 Å². The van der Waals surface area contributed by atoms with Gasteiger partial charge in [-0.3, -0.25) is 9.48 Å². The van der Waals surface area contributed by atoms with Gasteiger partial charge in [0.05, 0.1) is 6.20 Å². The van der Waals surface area contributed by atoms with E-state index in [4.69, 9.17) is 0 Å². The number of carbonyl (C=O) groups is 1. The van der Waals surface area contributed by atoms with E-state index in [2.05, 4.69) is 18.9 Å². The Morgan fingerprint density at radius 1 is 1.64 bits per heavy atom. The first-order valence-corrected chi connectivity index (χ1v) is 4.87. The first-order chi connectivity index (χ1) is 6.67. The summed E-state index contributed by atoms with van der Waals surface area (Å²) in [6.45, 7) is 6.11. The minimum absolute atomic E-state index is 0.360. The highest BCUT2D eigenvalue weighted by atomic mass is 16.1. The van der Waals surface area contributed by atoms with Crippen molar-refractivity contribution < 1.29 is 4.79 Å². The van der Waals surface area contributed by atoms with Crippen molar-refractivity contribution in [1.82, 2.24) is 9.78 Å². The fourth-order valence-electron chi connectivity index (χ4n) is 1.14. The molecule has 0 bridgehead atoms. The van der Waals surface area contributed by atoms with E-state index in [1.54, 1.807) is 6.20 Å². The average molecular weight is 192 g/mol. The Bertz CT molecular complexity index is 337. The SMILES string of the molecule is CCC(C=O)=Cc1cnn(C(C)C)c1. The summed E-state index contributed by atoms with van der Waals surface area (Å²) in [5.41, 5.74) is 1.79. The van der Waals surface area contributed by atoms with Crippen LogP contribution in [-0.4, -0.2) is 16.1 Å². The smallest absolute Gasteiger partial charge is 0.146 e. The van der Waals surface area contributed by atoms with E-state index >= 15 is 0 Å². The topological polar surface area (TPSA) is 34.9 Å². The molecule has 0 radical (unpaired) electrons. The number of hydrogen-bond donors (Lipinski definition) is 0. The normalized spacial score (nSPS) is 12.1. The molecule has 0 saturated carbocycles. The molecule has 0 spiro atoms. The summed E-state index contributed by atoms with van der Waals surface area (Å²) < 4.78 is 1.88. The molecule has 3 nitrogen and oxygen atoms in total. The van der Waals surface area contributed by atoms with E-state index in [1.165, 1.54) is 0 Å². The summed E-state index contributed by atoms with van der Waals surface area (Å²) in [5, 5.41) is 4.19. The lowest BCUT2D eigenvalue weighted by atomic mass is 10.2. The number of carbonyl (C=O) groups excluding carboxylic acids is 1. The lowest BCUT2D eigenvalue weighted by Gasteiger charge is -2.02. The monoisotopic (exact) mass is 192 g/mol. The van der Waals surface area contributed by atoms with Gasteiger partial charge in [-0.25, -0.2) is 0 Å². The maximum atomic E-state index is 10.6. The number of hydrogen-bond acceptors (Lipinski definition) is 2. The predicted octanol–water partition coefficient (Wildman–Crippen LogP) is 2.46. The van der Waals surface area contributed by atoms with Crippen molar-refractivity contribution in [2.75, 3.05) is 0 Å². The molecular formula is C11H16N2O.